The highest BCUT2D eigenvalue weighted by molar-refractivity contribution is 5.75. The maximum Gasteiger partial charge on any atom is 0.317 e. The molecule has 86 valence electrons. The first-order valence-corrected chi connectivity index (χ1v) is 5.09. The highest BCUT2D eigenvalue weighted by atomic mass is 16.4. The molecular weight excluding hydrogens is 198 g/mol. The van der Waals surface area contributed by atoms with Gasteiger partial charge in [-0.1, -0.05) is 0 Å². The normalized spacial score (nSPS) is 17.5. The summed E-state index contributed by atoms with van der Waals surface area (Å²) in [6.45, 7) is 1.48. The van der Waals surface area contributed by atoms with Crippen LogP contribution in [0, 0.1) is 0 Å². The van der Waals surface area contributed by atoms with Gasteiger partial charge in [0.05, 0.1) is 6.42 Å². The number of likely N-dealkylation sites (tertiary alicyclic amines) is 1. The summed E-state index contributed by atoms with van der Waals surface area (Å²) in [4.78, 5) is 23.4. The maximum atomic E-state index is 11.5. The SMILES string of the molecule is NC1CCN(C(=O)NCCC(=O)O)CC1. The molecule has 15 heavy (non-hydrogen) atoms. The van der Waals surface area contributed by atoms with Gasteiger partial charge in [-0.15, -0.1) is 0 Å². The van der Waals surface area contributed by atoms with Gasteiger partial charge in [-0.25, -0.2) is 4.79 Å². The number of piperidine rings is 1. The van der Waals surface area contributed by atoms with E-state index in [4.69, 9.17) is 10.8 Å². The molecule has 1 saturated heterocycles. The fourth-order valence-electron chi connectivity index (χ4n) is 1.49. The largest absolute Gasteiger partial charge is 0.481 e. The molecule has 0 aromatic carbocycles. The summed E-state index contributed by atoms with van der Waals surface area (Å²) in [5, 5.41) is 11.0. The Bertz CT molecular complexity index is 237. The van der Waals surface area contributed by atoms with Gasteiger partial charge in [0.1, 0.15) is 0 Å². The highest BCUT2D eigenvalue weighted by Gasteiger charge is 2.19. The number of amides is 2. The molecule has 0 spiro atoms. The van der Waals surface area contributed by atoms with Crippen molar-refractivity contribution in [3.05, 3.63) is 0 Å². The predicted octanol–water partition coefficient (Wildman–Crippen LogP) is -0.406. The number of aliphatic carboxylic acids is 1. The Morgan fingerprint density at radius 3 is 2.53 bits per heavy atom. The van der Waals surface area contributed by atoms with E-state index in [-0.39, 0.29) is 25.0 Å². The fourth-order valence-corrected chi connectivity index (χ4v) is 1.49. The molecule has 6 nitrogen and oxygen atoms in total. The van der Waals surface area contributed by atoms with Crippen molar-refractivity contribution in [2.45, 2.75) is 25.3 Å². The zero-order chi connectivity index (χ0) is 11.3. The van der Waals surface area contributed by atoms with E-state index >= 15 is 0 Å². The van der Waals surface area contributed by atoms with Crippen LogP contribution in [0.25, 0.3) is 0 Å². The van der Waals surface area contributed by atoms with Crippen LogP contribution in [0.3, 0.4) is 0 Å². The second-order valence-electron chi connectivity index (χ2n) is 3.70. The third-order valence-corrected chi connectivity index (χ3v) is 2.44. The molecule has 6 heteroatoms. The van der Waals surface area contributed by atoms with E-state index in [1.54, 1.807) is 4.90 Å². The van der Waals surface area contributed by atoms with Crippen LogP contribution in [0.2, 0.25) is 0 Å². The van der Waals surface area contributed by atoms with Crippen molar-refractivity contribution in [1.29, 1.82) is 0 Å². The average Bonchev–Trinajstić information content (AvgIpc) is 2.18. The number of nitrogens with zero attached hydrogens (tertiary/aromatic N) is 1. The zero-order valence-corrected chi connectivity index (χ0v) is 8.61. The number of carbonyl (C=O) groups is 2. The minimum Gasteiger partial charge on any atom is -0.481 e. The van der Waals surface area contributed by atoms with Crippen LogP contribution < -0.4 is 11.1 Å². The summed E-state index contributed by atoms with van der Waals surface area (Å²) in [6, 6.07) is -0.00350. The Balaban J connectivity index is 2.19. The number of hydrogen-bond acceptors (Lipinski definition) is 3. The molecule has 1 fully saturated rings. The number of carbonyl (C=O) groups excluding carboxylic acids is 1. The van der Waals surface area contributed by atoms with Crippen molar-refractivity contribution in [3.63, 3.8) is 0 Å². The zero-order valence-electron chi connectivity index (χ0n) is 8.61. The minimum atomic E-state index is -0.907. The van der Waals surface area contributed by atoms with Crippen molar-refractivity contribution < 1.29 is 14.7 Å². The Hall–Kier alpha value is -1.30. The van der Waals surface area contributed by atoms with Crippen LogP contribution in [-0.2, 0) is 4.79 Å². The van der Waals surface area contributed by atoms with Crippen LogP contribution >= 0.6 is 0 Å². The summed E-state index contributed by atoms with van der Waals surface area (Å²) in [7, 11) is 0. The number of urea groups is 1. The Morgan fingerprint density at radius 2 is 2.00 bits per heavy atom. The van der Waals surface area contributed by atoms with Crippen molar-refractivity contribution in [3.8, 4) is 0 Å². The molecule has 1 aliphatic rings. The molecule has 0 radical (unpaired) electrons. The molecule has 0 atom stereocenters. The lowest BCUT2D eigenvalue weighted by molar-refractivity contribution is -0.136. The summed E-state index contributed by atoms with van der Waals surface area (Å²) in [5.41, 5.74) is 5.70. The van der Waals surface area contributed by atoms with Crippen LogP contribution in [0.1, 0.15) is 19.3 Å². The van der Waals surface area contributed by atoms with Gasteiger partial charge in [0.25, 0.3) is 0 Å². The summed E-state index contributed by atoms with van der Waals surface area (Å²) in [5.74, 6) is -0.907. The quantitative estimate of drug-likeness (QED) is 0.596. The monoisotopic (exact) mass is 215 g/mol. The molecule has 4 N–H and O–H groups in total. The number of rotatable bonds is 3. The Labute approximate surface area is 88.4 Å². The van der Waals surface area contributed by atoms with Crippen LogP contribution in [0.5, 0.6) is 0 Å². The van der Waals surface area contributed by atoms with E-state index in [0.29, 0.717) is 13.1 Å². The van der Waals surface area contributed by atoms with E-state index in [2.05, 4.69) is 5.32 Å². The van der Waals surface area contributed by atoms with Gasteiger partial charge in [0.15, 0.2) is 0 Å². The van der Waals surface area contributed by atoms with Crippen LogP contribution in [0.15, 0.2) is 0 Å². The van der Waals surface area contributed by atoms with E-state index in [1.807, 2.05) is 0 Å². The Morgan fingerprint density at radius 1 is 1.40 bits per heavy atom. The van der Waals surface area contributed by atoms with Crippen LogP contribution in [0.4, 0.5) is 4.79 Å². The first kappa shape index (κ1) is 11.8. The van der Waals surface area contributed by atoms with E-state index in [1.165, 1.54) is 0 Å². The van der Waals surface area contributed by atoms with Gasteiger partial charge in [-0.2, -0.15) is 0 Å². The third kappa shape index (κ3) is 4.16. The lowest BCUT2D eigenvalue weighted by Crippen LogP contribution is -2.47. The lowest BCUT2D eigenvalue weighted by atomic mass is 10.1. The highest BCUT2D eigenvalue weighted by Crippen LogP contribution is 2.07. The third-order valence-electron chi connectivity index (χ3n) is 2.44. The molecular formula is C9H17N3O3. The maximum absolute atomic E-state index is 11.5. The first-order valence-electron chi connectivity index (χ1n) is 5.09. The summed E-state index contributed by atoms with van der Waals surface area (Å²) >= 11 is 0. The van der Waals surface area contributed by atoms with E-state index in [0.717, 1.165) is 12.8 Å². The van der Waals surface area contributed by atoms with E-state index < -0.39 is 5.97 Å². The second kappa shape index (κ2) is 5.55. The van der Waals surface area contributed by atoms with Gasteiger partial charge >= 0.3 is 12.0 Å². The predicted molar refractivity (Wildman–Crippen MR) is 54.4 cm³/mol. The molecule has 0 bridgehead atoms. The summed E-state index contributed by atoms with van der Waals surface area (Å²) in [6.07, 6.45) is 1.58. The summed E-state index contributed by atoms with van der Waals surface area (Å²) < 4.78 is 0. The number of nitrogens with two attached hydrogens (primary N) is 1. The van der Waals surface area contributed by atoms with Crippen molar-refractivity contribution in [2.24, 2.45) is 5.73 Å². The second-order valence-corrected chi connectivity index (χ2v) is 3.70. The first-order chi connectivity index (χ1) is 7.09. The molecule has 2 amide bonds. The van der Waals surface area contributed by atoms with E-state index in [9.17, 15) is 9.59 Å². The van der Waals surface area contributed by atoms with Gasteiger partial charge in [0, 0.05) is 25.7 Å². The molecule has 1 rings (SSSR count). The standard InChI is InChI=1S/C9H17N3O3/c10-7-2-5-12(6-3-7)9(15)11-4-1-8(13)14/h7H,1-6,10H2,(H,11,15)(H,13,14). The van der Waals surface area contributed by atoms with Crippen molar-refractivity contribution in [2.75, 3.05) is 19.6 Å². The van der Waals surface area contributed by atoms with Crippen LogP contribution in [-0.4, -0.2) is 47.7 Å². The number of carboxylic acid groups (broad SMARTS) is 1. The van der Waals surface area contributed by atoms with Gasteiger partial charge in [-0.05, 0) is 12.8 Å². The van der Waals surface area contributed by atoms with Gasteiger partial charge in [0.2, 0.25) is 0 Å². The van der Waals surface area contributed by atoms with Crippen molar-refractivity contribution >= 4 is 12.0 Å². The molecule has 0 aromatic heterocycles. The number of nitrogens with one attached hydrogen (secondary N) is 1. The average molecular weight is 215 g/mol. The lowest BCUT2D eigenvalue weighted by Gasteiger charge is -2.30. The number of carboxylic acids is 1. The molecule has 0 aliphatic carbocycles. The minimum absolute atomic E-state index is 0.0426. The van der Waals surface area contributed by atoms with Gasteiger partial charge < -0.3 is 21.1 Å². The topological polar surface area (TPSA) is 95.7 Å². The molecule has 0 aromatic rings. The molecule has 1 heterocycles. The Kier molecular flexibility index (Phi) is 4.36. The van der Waals surface area contributed by atoms with Crippen molar-refractivity contribution in [1.82, 2.24) is 10.2 Å². The number of hydrogen-bond donors (Lipinski definition) is 3. The molecule has 1 aliphatic heterocycles. The fraction of sp³-hybridized carbons (Fsp3) is 0.778. The smallest absolute Gasteiger partial charge is 0.317 e. The molecule has 0 saturated carbocycles. The molecule has 0 unspecified atom stereocenters. The van der Waals surface area contributed by atoms with Gasteiger partial charge in [-0.3, -0.25) is 4.79 Å².